The van der Waals surface area contributed by atoms with Gasteiger partial charge in [0.2, 0.25) is 0 Å². The third kappa shape index (κ3) is 2.87. The minimum Gasteiger partial charge on any atom is -0.489 e. The Hall–Kier alpha value is -2.02. The van der Waals surface area contributed by atoms with Gasteiger partial charge in [-0.2, -0.15) is 0 Å². The van der Waals surface area contributed by atoms with E-state index in [1.54, 1.807) is 0 Å². The first-order chi connectivity index (χ1) is 9.36. The molecule has 1 fully saturated rings. The summed E-state index contributed by atoms with van der Waals surface area (Å²) in [5, 5.41) is 0. The Kier molecular flexibility index (Phi) is 3.37. The Morgan fingerprint density at radius 2 is 1.89 bits per heavy atom. The zero-order valence-corrected chi connectivity index (χ0v) is 11.0. The highest BCUT2D eigenvalue weighted by Gasteiger charge is 2.26. The van der Waals surface area contributed by atoms with E-state index >= 15 is 0 Å². The monoisotopic (exact) mass is 250 g/mol. The van der Waals surface area contributed by atoms with Crippen LogP contribution in [0.2, 0.25) is 0 Å². The van der Waals surface area contributed by atoms with Gasteiger partial charge in [-0.25, -0.2) is 0 Å². The van der Waals surface area contributed by atoms with Crippen molar-refractivity contribution >= 4 is 6.08 Å². The first-order valence-corrected chi connectivity index (χ1v) is 6.80. The van der Waals surface area contributed by atoms with Gasteiger partial charge >= 0.3 is 0 Å². The SMILES string of the molecule is C=Cc1ccc(OCc2ccccc2)c(C2CC2)c1. The summed E-state index contributed by atoms with van der Waals surface area (Å²) in [5.41, 5.74) is 3.72. The van der Waals surface area contributed by atoms with Crippen molar-refractivity contribution in [2.24, 2.45) is 0 Å². The van der Waals surface area contributed by atoms with Crippen LogP contribution in [0.3, 0.4) is 0 Å². The second-order valence-corrected chi connectivity index (χ2v) is 5.05. The third-order valence-corrected chi connectivity index (χ3v) is 3.52. The molecule has 1 heteroatoms. The number of benzene rings is 2. The molecule has 1 aliphatic rings. The zero-order chi connectivity index (χ0) is 13.1. The molecule has 0 aliphatic heterocycles. The molecule has 1 nitrogen and oxygen atoms in total. The Morgan fingerprint density at radius 3 is 2.58 bits per heavy atom. The Morgan fingerprint density at radius 1 is 1.11 bits per heavy atom. The van der Waals surface area contributed by atoms with E-state index in [0.717, 1.165) is 5.75 Å². The Bertz CT molecular complexity index is 567. The molecule has 0 radical (unpaired) electrons. The van der Waals surface area contributed by atoms with Gasteiger partial charge in [-0.1, -0.05) is 49.1 Å². The summed E-state index contributed by atoms with van der Waals surface area (Å²) in [5.74, 6) is 1.71. The van der Waals surface area contributed by atoms with Gasteiger partial charge in [0, 0.05) is 0 Å². The molecule has 0 spiro atoms. The third-order valence-electron chi connectivity index (χ3n) is 3.52. The van der Waals surface area contributed by atoms with Gasteiger partial charge in [-0.3, -0.25) is 0 Å². The van der Waals surface area contributed by atoms with Gasteiger partial charge < -0.3 is 4.74 Å². The highest BCUT2D eigenvalue weighted by molar-refractivity contribution is 5.53. The van der Waals surface area contributed by atoms with Crippen molar-refractivity contribution in [1.29, 1.82) is 0 Å². The van der Waals surface area contributed by atoms with Crippen molar-refractivity contribution < 1.29 is 4.74 Å². The first-order valence-electron chi connectivity index (χ1n) is 6.80. The highest BCUT2D eigenvalue weighted by Crippen LogP contribution is 2.44. The molecule has 0 unspecified atom stereocenters. The van der Waals surface area contributed by atoms with Crippen LogP contribution in [0.25, 0.3) is 6.08 Å². The average Bonchev–Trinajstić information content (AvgIpc) is 3.30. The van der Waals surface area contributed by atoms with Gasteiger partial charge in [0.05, 0.1) is 0 Å². The lowest BCUT2D eigenvalue weighted by Crippen LogP contribution is -1.98. The van der Waals surface area contributed by atoms with Gasteiger partial charge in [0.1, 0.15) is 12.4 Å². The summed E-state index contributed by atoms with van der Waals surface area (Å²) in [6.45, 7) is 4.47. The van der Waals surface area contributed by atoms with E-state index in [-0.39, 0.29) is 0 Å². The lowest BCUT2D eigenvalue weighted by atomic mass is 10.1. The smallest absolute Gasteiger partial charge is 0.123 e. The van der Waals surface area contributed by atoms with Crippen LogP contribution >= 0.6 is 0 Å². The molecule has 0 saturated heterocycles. The Balaban J connectivity index is 1.78. The molecule has 0 N–H and O–H groups in total. The van der Waals surface area contributed by atoms with Crippen LogP contribution in [0.15, 0.2) is 55.1 Å². The molecule has 2 aromatic rings. The molecule has 0 aromatic heterocycles. The number of hydrogen-bond donors (Lipinski definition) is 0. The fraction of sp³-hybridized carbons (Fsp3) is 0.222. The van der Waals surface area contributed by atoms with Gasteiger partial charge in [-0.05, 0) is 47.6 Å². The predicted molar refractivity (Wildman–Crippen MR) is 79.3 cm³/mol. The van der Waals surface area contributed by atoms with E-state index in [0.29, 0.717) is 12.5 Å². The van der Waals surface area contributed by atoms with E-state index in [4.69, 9.17) is 4.74 Å². The van der Waals surface area contributed by atoms with Crippen molar-refractivity contribution in [1.82, 2.24) is 0 Å². The fourth-order valence-corrected chi connectivity index (χ4v) is 2.27. The predicted octanol–water partition coefficient (Wildman–Crippen LogP) is 4.79. The van der Waals surface area contributed by atoms with E-state index in [2.05, 4.69) is 36.9 Å². The van der Waals surface area contributed by atoms with E-state index in [1.807, 2.05) is 24.3 Å². The van der Waals surface area contributed by atoms with Crippen molar-refractivity contribution in [3.63, 3.8) is 0 Å². The standard InChI is InChI=1S/C18H18O/c1-2-14-8-11-18(17(12-14)16-9-10-16)19-13-15-6-4-3-5-7-15/h2-8,11-12,16H,1,9-10,13H2. The largest absolute Gasteiger partial charge is 0.489 e. The van der Waals surface area contributed by atoms with Crippen LogP contribution < -0.4 is 4.74 Å². The quantitative estimate of drug-likeness (QED) is 0.741. The summed E-state index contributed by atoms with van der Waals surface area (Å²) in [6, 6.07) is 16.7. The normalized spacial score (nSPS) is 14.1. The average molecular weight is 250 g/mol. The number of hydrogen-bond acceptors (Lipinski definition) is 1. The topological polar surface area (TPSA) is 9.23 Å². The highest BCUT2D eigenvalue weighted by atomic mass is 16.5. The van der Waals surface area contributed by atoms with Crippen LogP contribution in [-0.2, 0) is 6.61 Å². The molecular formula is C18H18O. The van der Waals surface area contributed by atoms with E-state index < -0.39 is 0 Å². The second-order valence-electron chi connectivity index (χ2n) is 5.05. The van der Waals surface area contributed by atoms with Crippen LogP contribution in [-0.4, -0.2) is 0 Å². The molecule has 19 heavy (non-hydrogen) atoms. The maximum atomic E-state index is 5.99. The molecule has 0 heterocycles. The summed E-state index contributed by atoms with van der Waals surface area (Å²) >= 11 is 0. The van der Waals surface area contributed by atoms with Crippen LogP contribution in [0, 0.1) is 0 Å². The van der Waals surface area contributed by atoms with Crippen LogP contribution in [0.5, 0.6) is 5.75 Å². The van der Waals surface area contributed by atoms with Gasteiger partial charge in [0.15, 0.2) is 0 Å². The zero-order valence-electron chi connectivity index (χ0n) is 11.0. The van der Waals surface area contributed by atoms with E-state index in [9.17, 15) is 0 Å². The number of ether oxygens (including phenoxy) is 1. The fourth-order valence-electron chi connectivity index (χ4n) is 2.27. The van der Waals surface area contributed by atoms with E-state index in [1.165, 1.54) is 29.5 Å². The van der Waals surface area contributed by atoms with Crippen LogP contribution in [0.4, 0.5) is 0 Å². The molecule has 96 valence electrons. The van der Waals surface area contributed by atoms with Gasteiger partial charge in [0.25, 0.3) is 0 Å². The molecule has 1 aliphatic carbocycles. The maximum absolute atomic E-state index is 5.99. The minimum atomic E-state index is 0.633. The summed E-state index contributed by atoms with van der Waals surface area (Å²) in [4.78, 5) is 0. The number of rotatable bonds is 5. The van der Waals surface area contributed by atoms with Gasteiger partial charge in [-0.15, -0.1) is 0 Å². The molecule has 0 atom stereocenters. The van der Waals surface area contributed by atoms with Crippen molar-refractivity contribution in [3.05, 3.63) is 71.8 Å². The molecule has 0 amide bonds. The van der Waals surface area contributed by atoms with Crippen molar-refractivity contribution in [2.75, 3.05) is 0 Å². The van der Waals surface area contributed by atoms with Crippen molar-refractivity contribution in [3.8, 4) is 5.75 Å². The first kappa shape index (κ1) is 12.0. The van der Waals surface area contributed by atoms with Crippen LogP contribution in [0.1, 0.15) is 35.4 Å². The lowest BCUT2D eigenvalue weighted by Gasteiger charge is -2.12. The molecule has 3 rings (SSSR count). The molecular weight excluding hydrogens is 232 g/mol. The summed E-state index contributed by atoms with van der Waals surface area (Å²) in [6.07, 6.45) is 4.46. The lowest BCUT2D eigenvalue weighted by molar-refractivity contribution is 0.303. The maximum Gasteiger partial charge on any atom is 0.123 e. The van der Waals surface area contributed by atoms with Crippen molar-refractivity contribution in [2.45, 2.75) is 25.4 Å². The molecule has 2 aromatic carbocycles. The second kappa shape index (κ2) is 5.31. The summed E-state index contributed by atoms with van der Waals surface area (Å²) < 4.78 is 5.99. The summed E-state index contributed by atoms with van der Waals surface area (Å²) in [7, 11) is 0. The molecule has 1 saturated carbocycles. The minimum absolute atomic E-state index is 0.633. The Labute approximate surface area is 114 Å². The molecule has 0 bridgehead atoms.